The fraction of sp³-hybridized carbons (Fsp3) is 0.182. The van der Waals surface area contributed by atoms with E-state index in [-0.39, 0.29) is 24.4 Å². The van der Waals surface area contributed by atoms with Gasteiger partial charge in [-0.15, -0.1) is 0 Å². The number of benzene rings is 2. The van der Waals surface area contributed by atoms with Gasteiger partial charge < -0.3 is 10.2 Å². The minimum absolute atomic E-state index is 0.194. The summed E-state index contributed by atoms with van der Waals surface area (Å²) in [6.45, 7) is 1.66. The maximum atomic E-state index is 12.6. The largest absolute Gasteiger partial charge is 0.337 e. The standard InChI is InChI=1S/C22H22N4O4/c1-15(25(2)20(28)14-26-12-11-19(27)24-22(26)30)17-9-6-10-18(13-17)23-21(29)16-7-4-3-5-8-16/h3-13,15H,14H2,1-2H3,(H,23,29)(H,24,27,30). The van der Waals surface area contributed by atoms with Crippen LogP contribution in [0.5, 0.6) is 0 Å². The molecule has 0 spiro atoms. The summed E-state index contributed by atoms with van der Waals surface area (Å²) in [5, 5.41) is 2.85. The third-order valence-corrected chi connectivity index (χ3v) is 4.84. The zero-order valence-electron chi connectivity index (χ0n) is 16.7. The Morgan fingerprint density at radius 1 is 1.07 bits per heavy atom. The van der Waals surface area contributed by atoms with Crippen molar-refractivity contribution in [2.45, 2.75) is 19.5 Å². The predicted octanol–water partition coefficient (Wildman–Crippen LogP) is 2.01. The number of likely N-dealkylation sites (N-methyl/N-ethyl adjacent to an activating group) is 1. The van der Waals surface area contributed by atoms with Crippen LogP contribution < -0.4 is 16.6 Å². The number of aromatic amines is 1. The van der Waals surface area contributed by atoms with Gasteiger partial charge in [0.1, 0.15) is 6.54 Å². The first-order valence-corrected chi connectivity index (χ1v) is 9.37. The molecule has 30 heavy (non-hydrogen) atoms. The summed E-state index contributed by atoms with van der Waals surface area (Å²) < 4.78 is 1.14. The van der Waals surface area contributed by atoms with Crippen LogP contribution in [0.4, 0.5) is 5.69 Å². The van der Waals surface area contributed by atoms with Gasteiger partial charge in [-0.2, -0.15) is 0 Å². The molecule has 3 aromatic rings. The topological polar surface area (TPSA) is 104 Å². The summed E-state index contributed by atoms with van der Waals surface area (Å²) >= 11 is 0. The lowest BCUT2D eigenvalue weighted by atomic mass is 10.1. The van der Waals surface area contributed by atoms with Gasteiger partial charge in [0, 0.05) is 30.6 Å². The molecule has 1 aromatic heterocycles. The van der Waals surface area contributed by atoms with E-state index in [9.17, 15) is 19.2 Å². The van der Waals surface area contributed by atoms with Crippen LogP contribution in [0.15, 0.2) is 76.4 Å². The molecule has 0 saturated heterocycles. The van der Waals surface area contributed by atoms with Crippen molar-refractivity contribution in [3.63, 3.8) is 0 Å². The van der Waals surface area contributed by atoms with Crippen molar-refractivity contribution < 1.29 is 9.59 Å². The Morgan fingerprint density at radius 2 is 1.80 bits per heavy atom. The number of anilines is 1. The number of nitrogens with one attached hydrogen (secondary N) is 2. The van der Waals surface area contributed by atoms with Gasteiger partial charge in [-0.1, -0.05) is 30.3 Å². The zero-order chi connectivity index (χ0) is 21.7. The Morgan fingerprint density at radius 3 is 2.50 bits per heavy atom. The van der Waals surface area contributed by atoms with E-state index in [1.165, 1.54) is 17.2 Å². The van der Waals surface area contributed by atoms with Crippen molar-refractivity contribution in [3.8, 4) is 0 Å². The maximum Gasteiger partial charge on any atom is 0.328 e. The third kappa shape index (κ3) is 4.91. The van der Waals surface area contributed by atoms with Crippen molar-refractivity contribution in [2.24, 2.45) is 0 Å². The number of carbonyl (C=O) groups excluding carboxylic acids is 2. The number of hydrogen-bond acceptors (Lipinski definition) is 4. The van der Waals surface area contributed by atoms with Crippen LogP contribution in [0.3, 0.4) is 0 Å². The van der Waals surface area contributed by atoms with E-state index in [0.717, 1.165) is 10.1 Å². The smallest absolute Gasteiger partial charge is 0.328 e. The average Bonchev–Trinajstić information content (AvgIpc) is 2.75. The number of hydrogen-bond donors (Lipinski definition) is 2. The number of aromatic nitrogens is 2. The molecule has 1 unspecified atom stereocenters. The minimum atomic E-state index is -0.637. The van der Waals surface area contributed by atoms with Crippen LogP contribution in [-0.4, -0.2) is 33.3 Å². The van der Waals surface area contributed by atoms with Gasteiger partial charge in [0.05, 0.1) is 6.04 Å². The summed E-state index contributed by atoms with van der Waals surface area (Å²) in [7, 11) is 1.64. The molecule has 1 heterocycles. The first-order valence-electron chi connectivity index (χ1n) is 9.37. The van der Waals surface area contributed by atoms with Crippen LogP contribution in [0.2, 0.25) is 0 Å². The molecule has 0 aliphatic heterocycles. The SMILES string of the molecule is CC(c1cccc(NC(=O)c2ccccc2)c1)N(C)C(=O)Cn1ccc(=O)[nH]c1=O. The van der Waals surface area contributed by atoms with Crippen LogP contribution in [0.25, 0.3) is 0 Å². The number of nitrogens with zero attached hydrogens (tertiary/aromatic N) is 2. The highest BCUT2D eigenvalue weighted by Gasteiger charge is 2.19. The molecular formula is C22H22N4O4. The van der Waals surface area contributed by atoms with Gasteiger partial charge in [0.25, 0.3) is 11.5 Å². The van der Waals surface area contributed by atoms with Crippen molar-refractivity contribution in [1.29, 1.82) is 0 Å². The fourth-order valence-electron chi connectivity index (χ4n) is 2.93. The number of H-pyrrole nitrogens is 1. The Labute approximate surface area is 172 Å². The zero-order valence-corrected chi connectivity index (χ0v) is 16.7. The quantitative estimate of drug-likeness (QED) is 0.653. The van der Waals surface area contributed by atoms with E-state index in [1.807, 2.05) is 25.1 Å². The van der Waals surface area contributed by atoms with E-state index in [2.05, 4.69) is 10.3 Å². The second kappa shape index (κ2) is 9.04. The van der Waals surface area contributed by atoms with Crippen molar-refractivity contribution in [1.82, 2.24) is 14.5 Å². The molecular weight excluding hydrogens is 384 g/mol. The Balaban J connectivity index is 1.71. The highest BCUT2D eigenvalue weighted by molar-refractivity contribution is 6.04. The van der Waals surface area contributed by atoms with Crippen molar-refractivity contribution in [2.75, 3.05) is 12.4 Å². The van der Waals surface area contributed by atoms with E-state index < -0.39 is 11.2 Å². The Hall–Kier alpha value is -3.94. The van der Waals surface area contributed by atoms with E-state index in [0.29, 0.717) is 11.3 Å². The monoisotopic (exact) mass is 406 g/mol. The lowest BCUT2D eigenvalue weighted by Crippen LogP contribution is -2.37. The molecule has 8 heteroatoms. The van der Waals surface area contributed by atoms with Gasteiger partial charge >= 0.3 is 5.69 Å². The summed E-state index contributed by atoms with van der Waals surface area (Å²) in [5.74, 6) is -0.516. The van der Waals surface area contributed by atoms with Gasteiger partial charge in [-0.25, -0.2) is 4.79 Å². The number of amides is 2. The van der Waals surface area contributed by atoms with Crippen molar-refractivity contribution >= 4 is 17.5 Å². The van der Waals surface area contributed by atoms with Gasteiger partial charge in [-0.05, 0) is 36.8 Å². The molecule has 8 nitrogen and oxygen atoms in total. The van der Waals surface area contributed by atoms with Crippen LogP contribution in [0.1, 0.15) is 28.9 Å². The molecule has 0 aliphatic rings. The highest BCUT2D eigenvalue weighted by Crippen LogP contribution is 2.22. The molecule has 2 N–H and O–H groups in total. The summed E-state index contributed by atoms with van der Waals surface area (Å²) in [6, 6.07) is 17.0. The molecule has 0 radical (unpaired) electrons. The van der Waals surface area contributed by atoms with Crippen LogP contribution in [0, 0.1) is 0 Å². The summed E-state index contributed by atoms with van der Waals surface area (Å²) in [5.41, 5.74) is 0.841. The molecule has 154 valence electrons. The first kappa shape index (κ1) is 20.8. The second-order valence-electron chi connectivity index (χ2n) is 6.86. The van der Waals surface area contributed by atoms with E-state index in [1.54, 1.807) is 43.4 Å². The molecule has 2 amide bonds. The molecule has 0 fully saturated rings. The first-order chi connectivity index (χ1) is 14.3. The van der Waals surface area contributed by atoms with Gasteiger partial charge in [0.15, 0.2) is 0 Å². The number of carbonyl (C=O) groups is 2. The Kier molecular flexibility index (Phi) is 6.26. The van der Waals surface area contributed by atoms with Crippen LogP contribution in [-0.2, 0) is 11.3 Å². The predicted molar refractivity (Wildman–Crippen MR) is 113 cm³/mol. The summed E-state index contributed by atoms with van der Waals surface area (Å²) in [6.07, 6.45) is 1.29. The molecule has 0 aliphatic carbocycles. The van der Waals surface area contributed by atoms with Gasteiger partial charge in [-0.3, -0.25) is 23.9 Å². The lowest BCUT2D eigenvalue weighted by molar-refractivity contribution is -0.132. The minimum Gasteiger partial charge on any atom is -0.337 e. The molecule has 2 aromatic carbocycles. The highest BCUT2D eigenvalue weighted by atomic mass is 16.2. The fourth-order valence-corrected chi connectivity index (χ4v) is 2.93. The molecule has 0 bridgehead atoms. The van der Waals surface area contributed by atoms with E-state index in [4.69, 9.17) is 0 Å². The molecule has 3 rings (SSSR count). The van der Waals surface area contributed by atoms with Gasteiger partial charge in [0.2, 0.25) is 5.91 Å². The average molecular weight is 406 g/mol. The van der Waals surface area contributed by atoms with Crippen LogP contribution >= 0.6 is 0 Å². The maximum absolute atomic E-state index is 12.6. The van der Waals surface area contributed by atoms with E-state index >= 15 is 0 Å². The Bertz CT molecular complexity index is 1170. The number of rotatable bonds is 6. The lowest BCUT2D eigenvalue weighted by Gasteiger charge is -2.26. The normalized spacial score (nSPS) is 11.5. The summed E-state index contributed by atoms with van der Waals surface area (Å²) in [4.78, 5) is 51.6. The third-order valence-electron chi connectivity index (χ3n) is 4.84. The van der Waals surface area contributed by atoms with Crippen molar-refractivity contribution in [3.05, 3.63) is 98.8 Å². The second-order valence-corrected chi connectivity index (χ2v) is 6.86. The molecule has 1 atom stereocenters. The molecule has 0 saturated carbocycles.